The molecule has 0 aliphatic heterocycles. The second-order valence-electron chi connectivity index (χ2n) is 4.44. The van der Waals surface area contributed by atoms with E-state index in [2.05, 4.69) is 6.92 Å². The minimum Gasteiger partial charge on any atom is -0.463 e. The molecule has 0 N–H and O–H groups in total. The van der Waals surface area contributed by atoms with E-state index in [1.807, 2.05) is 0 Å². The molecule has 2 heteroatoms. The van der Waals surface area contributed by atoms with Crippen molar-refractivity contribution in [3.63, 3.8) is 0 Å². The highest BCUT2D eigenvalue weighted by molar-refractivity contribution is 5.81. The van der Waals surface area contributed by atoms with Gasteiger partial charge in [-0.25, -0.2) is 4.79 Å². The van der Waals surface area contributed by atoms with Gasteiger partial charge in [-0.1, -0.05) is 71.2 Å². The van der Waals surface area contributed by atoms with Crippen LogP contribution in [0.5, 0.6) is 0 Å². The zero-order valence-corrected chi connectivity index (χ0v) is 11.1. The molecule has 2 nitrogen and oxygen atoms in total. The Labute approximate surface area is 111 Å². The molecule has 0 aromatic rings. The van der Waals surface area contributed by atoms with Gasteiger partial charge in [-0.2, -0.15) is 0 Å². The Kier molecular flexibility index (Phi) is 8.83. The van der Waals surface area contributed by atoms with E-state index in [0.717, 1.165) is 19.3 Å². The first kappa shape index (κ1) is 11.3. The van der Waals surface area contributed by atoms with Crippen LogP contribution in [0, 0.1) is 0 Å². The number of hydrogen-bond acceptors (Lipinski definition) is 2. The Bertz CT molecular complexity index is 287. The number of rotatable bonds is 12. The van der Waals surface area contributed by atoms with Crippen LogP contribution in [0.2, 0.25) is 0 Å². The monoisotopic (exact) mass is 243 g/mol. The quantitative estimate of drug-likeness (QED) is 0.284. The summed E-state index contributed by atoms with van der Waals surface area (Å²) in [6, 6.07) is -0.669. The van der Waals surface area contributed by atoms with Gasteiger partial charge in [0.15, 0.2) is 0 Å². The Morgan fingerprint density at radius 1 is 1.12 bits per heavy atom. The van der Waals surface area contributed by atoms with Crippen molar-refractivity contribution in [2.75, 3.05) is 6.61 Å². The average Bonchev–Trinajstić information content (AvgIpc) is 2.43. The molecule has 0 aliphatic rings. The van der Waals surface area contributed by atoms with Crippen LogP contribution in [0.25, 0.3) is 0 Å². The number of carbonyl (C=O) groups is 1. The van der Waals surface area contributed by atoms with Crippen LogP contribution in [0.15, 0.2) is 12.6 Å². The Hall–Kier alpha value is -0.790. The zero-order valence-electron chi connectivity index (χ0n) is 14.1. The van der Waals surface area contributed by atoms with Crippen LogP contribution in [-0.4, -0.2) is 12.6 Å². The van der Waals surface area contributed by atoms with E-state index in [-0.39, 0.29) is 6.61 Å². The number of unbranched alkanes of at least 4 members (excludes halogenated alkanes) is 9. The number of carbonyl (C=O) groups excluding carboxylic acids is 1. The van der Waals surface area contributed by atoms with Gasteiger partial charge in [-0.3, -0.25) is 0 Å². The lowest BCUT2D eigenvalue weighted by atomic mass is 10.1. The molecule has 0 aromatic heterocycles. The summed E-state index contributed by atoms with van der Waals surface area (Å²) in [4.78, 5) is 11.1. The van der Waals surface area contributed by atoms with Gasteiger partial charge in [-0.15, -0.1) is 0 Å². The fourth-order valence-electron chi connectivity index (χ4n) is 1.79. The second kappa shape index (κ2) is 13.3. The summed E-state index contributed by atoms with van der Waals surface area (Å²) in [7, 11) is 0. The zero-order chi connectivity index (χ0) is 15.2. The van der Waals surface area contributed by atoms with E-state index in [1.165, 1.54) is 44.9 Å². The number of hydrogen-bond donors (Lipinski definition) is 0. The maximum Gasteiger partial charge on any atom is 0.330 e. The molecule has 0 fully saturated rings. The molecule has 100 valence electrons. The van der Waals surface area contributed by atoms with Gasteiger partial charge in [0.05, 0.1) is 10.7 Å². The third-order valence-corrected chi connectivity index (χ3v) is 2.83. The molecule has 0 rings (SSSR count). The minimum atomic E-state index is -0.860. The first-order valence-electron chi connectivity index (χ1n) is 8.40. The molecule has 0 saturated heterocycles. The van der Waals surface area contributed by atoms with Gasteiger partial charge < -0.3 is 4.74 Å². The molecule has 0 atom stereocenters. The summed E-state index contributed by atoms with van der Waals surface area (Å²) in [6.45, 7) is 1.71. The second-order valence-corrected chi connectivity index (χ2v) is 4.44. The summed E-state index contributed by atoms with van der Waals surface area (Å²) in [5.74, 6) is -0.860. The standard InChI is InChI=1S/C15H28O2/c1-3-5-6-7-8-9-10-11-12-13-14-17-15(16)4-2/h4H,2-3,5-14H2,1H3/i2D2,4D. The van der Waals surface area contributed by atoms with Gasteiger partial charge in [0.25, 0.3) is 0 Å². The van der Waals surface area contributed by atoms with Crippen LogP contribution in [-0.2, 0) is 9.53 Å². The summed E-state index contributed by atoms with van der Waals surface area (Å²) in [5, 5.41) is 0. The van der Waals surface area contributed by atoms with E-state index in [0.29, 0.717) is 0 Å². The van der Waals surface area contributed by atoms with Crippen LogP contribution in [0.1, 0.15) is 75.2 Å². The topological polar surface area (TPSA) is 26.3 Å². The highest BCUT2D eigenvalue weighted by Gasteiger charge is 1.95. The van der Waals surface area contributed by atoms with E-state index in [4.69, 9.17) is 8.85 Å². The molecule has 0 heterocycles. The highest BCUT2D eigenvalue weighted by Crippen LogP contribution is 2.10. The molecule has 0 aliphatic carbocycles. The Morgan fingerprint density at radius 2 is 1.65 bits per heavy atom. The Morgan fingerprint density at radius 3 is 2.18 bits per heavy atom. The number of ether oxygens (including phenoxy) is 1. The maximum absolute atomic E-state index is 11.1. The third kappa shape index (κ3) is 13.1. The average molecular weight is 243 g/mol. The van der Waals surface area contributed by atoms with E-state index >= 15 is 0 Å². The van der Waals surface area contributed by atoms with Crippen molar-refractivity contribution in [2.24, 2.45) is 0 Å². The van der Waals surface area contributed by atoms with E-state index in [1.54, 1.807) is 0 Å². The smallest absolute Gasteiger partial charge is 0.330 e. The van der Waals surface area contributed by atoms with Crippen molar-refractivity contribution in [1.82, 2.24) is 0 Å². The fourth-order valence-corrected chi connectivity index (χ4v) is 1.79. The predicted molar refractivity (Wildman–Crippen MR) is 73.0 cm³/mol. The maximum atomic E-state index is 11.1. The molecule has 0 aromatic carbocycles. The third-order valence-electron chi connectivity index (χ3n) is 2.83. The normalized spacial score (nSPS) is 12.4. The molecule has 0 bridgehead atoms. The summed E-state index contributed by atoms with van der Waals surface area (Å²) >= 11 is 0. The van der Waals surface area contributed by atoms with Gasteiger partial charge >= 0.3 is 5.97 Å². The lowest BCUT2D eigenvalue weighted by molar-refractivity contribution is -0.137. The minimum absolute atomic E-state index is 0.283. The molecule has 0 amide bonds. The summed E-state index contributed by atoms with van der Waals surface area (Å²) in [5.41, 5.74) is 0. The first-order valence-corrected chi connectivity index (χ1v) is 6.90. The molecule has 0 radical (unpaired) electrons. The van der Waals surface area contributed by atoms with Crippen LogP contribution >= 0.6 is 0 Å². The molecule has 0 saturated carbocycles. The molecule has 0 spiro atoms. The van der Waals surface area contributed by atoms with Crippen molar-refractivity contribution in [3.8, 4) is 0 Å². The molecule has 0 unspecified atom stereocenters. The lowest BCUT2D eigenvalue weighted by Crippen LogP contribution is -2.01. The molecular weight excluding hydrogens is 212 g/mol. The van der Waals surface area contributed by atoms with Gasteiger partial charge in [0, 0.05) is 6.05 Å². The number of esters is 1. The fraction of sp³-hybridized carbons (Fsp3) is 0.800. The Balaban J connectivity index is 3.29. The molecular formula is C15H28O2. The van der Waals surface area contributed by atoms with Crippen molar-refractivity contribution in [3.05, 3.63) is 12.6 Å². The van der Waals surface area contributed by atoms with E-state index < -0.39 is 18.6 Å². The summed E-state index contributed by atoms with van der Waals surface area (Å²) in [6.07, 6.45) is 12.1. The highest BCUT2D eigenvalue weighted by atomic mass is 16.5. The van der Waals surface area contributed by atoms with Crippen molar-refractivity contribution >= 4 is 5.97 Å². The SMILES string of the molecule is [2H]C([2H])=C([2H])C(=O)OCCCCCCCCCCCC. The van der Waals surface area contributed by atoms with Gasteiger partial charge in [-0.05, 0) is 6.42 Å². The largest absolute Gasteiger partial charge is 0.463 e. The van der Waals surface area contributed by atoms with Crippen LogP contribution in [0.3, 0.4) is 0 Å². The lowest BCUT2D eigenvalue weighted by Gasteiger charge is -2.03. The first-order chi connectivity index (χ1) is 9.59. The van der Waals surface area contributed by atoms with Gasteiger partial charge in [0.1, 0.15) is 0 Å². The van der Waals surface area contributed by atoms with Gasteiger partial charge in [0.2, 0.25) is 0 Å². The van der Waals surface area contributed by atoms with Crippen molar-refractivity contribution in [2.45, 2.75) is 71.1 Å². The summed E-state index contributed by atoms with van der Waals surface area (Å²) < 4.78 is 25.6. The van der Waals surface area contributed by atoms with E-state index in [9.17, 15) is 4.79 Å². The van der Waals surface area contributed by atoms with Crippen LogP contribution < -0.4 is 0 Å². The van der Waals surface area contributed by atoms with Crippen molar-refractivity contribution < 1.29 is 13.6 Å². The van der Waals surface area contributed by atoms with Crippen molar-refractivity contribution in [1.29, 1.82) is 0 Å². The molecule has 17 heavy (non-hydrogen) atoms. The van der Waals surface area contributed by atoms with Crippen LogP contribution in [0.4, 0.5) is 0 Å². The predicted octanol–water partition coefficient (Wildman–Crippen LogP) is 4.64.